The van der Waals surface area contributed by atoms with Gasteiger partial charge in [-0.2, -0.15) is 0 Å². The molecule has 0 spiro atoms. The molecule has 1 aromatic carbocycles. The van der Waals surface area contributed by atoms with Crippen LogP contribution in [0.3, 0.4) is 0 Å². The maximum absolute atomic E-state index is 14.2. The molecule has 2 N–H and O–H groups in total. The van der Waals surface area contributed by atoms with Crippen LogP contribution in [-0.2, 0) is 6.42 Å². The van der Waals surface area contributed by atoms with Crippen molar-refractivity contribution in [3.05, 3.63) is 47.2 Å². The van der Waals surface area contributed by atoms with Gasteiger partial charge in [-0.1, -0.05) is 6.92 Å². The zero-order chi connectivity index (χ0) is 17.4. The Kier molecular flexibility index (Phi) is 4.19. The molecule has 1 aliphatic rings. The first-order chi connectivity index (χ1) is 11.4. The smallest absolute Gasteiger partial charge is 0.354 e. The molecule has 2 atom stereocenters. The van der Waals surface area contributed by atoms with Gasteiger partial charge in [0.05, 0.1) is 6.61 Å². The number of carbonyl (C=O) groups is 1. The van der Waals surface area contributed by atoms with Crippen molar-refractivity contribution >= 4 is 5.97 Å². The minimum atomic E-state index is -1.29. The minimum absolute atomic E-state index is 0.0609. The largest absolute Gasteiger partial charge is 0.477 e. The second kappa shape index (κ2) is 6.16. The summed E-state index contributed by atoms with van der Waals surface area (Å²) in [6.45, 7) is 1.62. The highest BCUT2D eigenvalue weighted by atomic mass is 19.1. The summed E-state index contributed by atoms with van der Waals surface area (Å²) < 4.78 is 32.9. The van der Waals surface area contributed by atoms with E-state index in [0.717, 1.165) is 12.1 Å². The van der Waals surface area contributed by atoms with E-state index < -0.39 is 23.7 Å². The summed E-state index contributed by atoms with van der Waals surface area (Å²) in [5.41, 5.74) is 0.621. The van der Waals surface area contributed by atoms with Crippen molar-refractivity contribution in [3.63, 3.8) is 0 Å². The van der Waals surface area contributed by atoms with Gasteiger partial charge in [0, 0.05) is 17.2 Å². The first-order valence-electron chi connectivity index (χ1n) is 7.41. The fraction of sp³-hybridized carbons (Fsp3) is 0.294. The number of ether oxygens (including phenoxy) is 1. The molecule has 2 aromatic rings. The van der Waals surface area contributed by atoms with E-state index in [4.69, 9.17) is 4.74 Å². The standard InChI is InChI=1S/C17H15F2NO4/c1-8-4-12-11(10-3-2-9(18)5-13(10)19)6-14(17(22)23)20-16(12)24-15(8)7-21/h2-3,5-6,8,15,21H,4,7H2,1H3,(H,22,23). The normalized spacial score (nSPS) is 19.5. The Morgan fingerprint density at radius 3 is 2.71 bits per heavy atom. The number of halogens is 2. The average molecular weight is 335 g/mol. The van der Waals surface area contributed by atoms with Gasteiger partial charge in [-0.05, 0) is 36.1 Å². The van der Waals surface area contributed by atoms with E-state index in [1.54, 1.807) is 0 Å². The molecule has 0 aliphatic carbocycles. The highest BCUT2D eigenvalue weighted by molar-refractivity contribution is 5.88. The van der Waals surface area contributed by atoms with Crippen LogP contribution in [-0.4, -0.2) is 33.9 Å². The van der Waals surface area contributed by atoms with Crippen LogP contribution in [0.5, 0.6) is 5.88 Å². The summed E-state index contributed by atoms with van der Waals surface area (Å²) in [5.74, 6) is -2.81. The van der Waals surface area contributed by atoms with E-state index in [0.29, 0.717) is 17.5 Å². The molecule has 24 heavy (non-hydrogen) atoms. The molecule has 0 saturated heterocycles. The molecule has 126 valence electrons. The highest BCUT2D eigenvalue weighted by Crippen LogP contribution is 2.38. The topological polar surface area (TPSA) is 79.7 Å². The van der Waals surface area contributed by atoms with Gasteiger partial charge in [-0.25, -0.2) is 18.6 Å². The highest BCUT2D eigenvalue weighted by Gasteiger charge is 2.31. The van der Waals surface area contributed by atoms with Crippen LogP contribution >= 0.6 is 0 Å². The van der Waals surface area contributed by atoms with Crippen molar-refractivity contribution in [2.24, 2.45) is 5.92 Å². The van der Waals surface area contributed by atoms with Crippen LogP contribution in [0.2, 0.25) is 0 Å². The molecule has 0 bridgehead atoms. The third-order valence-corrected chi connectivity index (χ3v) is 4.13. The second-order valence-corrected chi connectivity index (χ2v) is 5.79. The van der Waals surface area contributed by atoms with Gasteiger partial charge >= 0.3 is 5.97 Å². The molecule has 2 heterocycles. The van der Waals surface area contributed by atoms with E-state index >= 15 is 0 Å². The molecule has 7 heteroatoms. The lowest BCUT2D eigenvalue weighted by Gasteiger charge is -2.31. The Morgan fingerprint density at radius 2 is 2.08 bits per heavy atom. The molecule has 5 nitrogen and oxygen atoms in total. The third-order valence-electron chi connectivity index (χ3n) is 4.13. The summed E-state index contributed by atoms with van der Waals surface area (Å²) in [5, 5.41) is 18.6. The summed E-state index contributed by atoms with van der Waals surface area (Å²) >= 11 is 0. The lowest BCUT2D eigenvalue weighted by Crippen LogP contribution is -2.35. The number of nitrogens with zero attached hydrogens (tertiary/aromatic N) is 1. The van der Waals surface area contributed by atoms with Crippen molar-refractivity contribution in [2.45, 2.75) is 19.4 Å². The predicted octanol–water partition coefficient (Wildman–Crippen LogP) is 2.66. The Bertz CT molecular complexity index is 809. The van der Waals surface area contributed by atoms with Crippen LogP contribution in [0.25, 0.3) is 11.1 Å². The molecule has 0 amide bonds. The zero-order valence-electron chi connectivity index (χ0n) is 12.8. The van der Waals surface area contributed by atoms with Crippen LogP contribution < -0.4 is 4.74 Å². The SMILES string of the molecule is CC1Cc2c(-c3ccc(F)cc3F)cc(C(=O)O)nc2OC1CO. The van der Waals surface area contributed by atoms with Gasteiger partial charge in [0.1, 0.15) is 17.7 Å². The van der Waals surface area contributed by atoms with Gasteiger partial charge in [-0.3, -0.25) is 0 Å². The second-order valence-electron chi connectivity index (χ2n) is 5.79. The number of rotatable bonds is 3. The van der Waals surface area contributed by atoms with Gasteiger partial charge in [0.15, 0.2) is 5.69 Å². The Balaban J connectivity index is 2.21. The Hall–Kier alpha value is -2.54. The van der Waals surface area contributed by atoms with Gasteiger partial charge < -0.3 is 14.9 Å². The van der Waals surface area contributed by atoms with Crippen LogP contribution in [0.4, 0.5) is 8.78 Å². The number of fused-ring (bicyclic) bond motifs is 1. The fourth-order valence-corrected chi connectivity index (χ4v) is 2.83. The molecular formula is C17H15F2NO4. The van der Waals surface area contributed by atoms with Crippen molar-refractivity contribution in [1.82, 2.24) is 4.98 Å². The zero-order valence-corrected chi connectivity index (χ0v) is 12.8. The van der Waals surface area contributed by atoms with E-state index in [-0.39, 0.29) is 29.7 Å². The summed E-state index contributed by atoms with van der Waals surface area (Å²) in [6, 6.07) is 4.36. The number of aromatic carboxylic acids is 1. The number of aliphatic hydroxyl groups excluding tert-OH is 1. The summed E-state index contributed by atoms with van der Waals surface area (Å²) in [4.78, 5) is 15.3. The van der Waals surface area contributed by atoms with E-state index in [2.05, 4.69) is 4.98 Å². The molecular weight excluding hydrogens is 320 g/mol. The quantitative estimate of drug-likeness (QED) is 0.901. The summed E-state index contributed by atoms with van der Waals surface area (Å²) in [7, 11) is 0. The van der Waals surface area contributed by atoms with Gasteiger partial charge in [0.25, 0.3) is 0 Å². The summed E-state index contributed by atoms with van der Waals surface area (Å²) in [6.07, 6.45) is -0.0838. The van der Waals surface area contributed by atoms with Crippen molar-refractivity contribution in [2.75, 3.05) is 6.61 Å². The van der Waals surface area contributed by atoms with Gasteiger partial charge in [-0.15, -0.1) is 0 Å². The predicted molar refractivity (Wildman–Crippen MR) is 80.9 cm³/mol. The lowest BCUT2D eigenvalue weighted by molar-refractivity contribution is 0.0551. The van der Waals surface area contributed by atoms with E-state index in [9.17, 15) is 23.8 Å². The number of hydrogen-bond acceptors (Lipinski definition) is 4. The molecule has 1 aliphatic heterocycles. The van der Waals surface area contributed by atoms with Gasteiger partial charge in [0.2, 0.25) is 5.88 Å². The van der Waals surface area contributed by atoms with Crippen LogP contribution in [0, 0.1) is 17.6 Å². The Labute approximate surface area is 136 Å². The molecule has 0 saturated carbocycles. The van der Waals surface area contributed by atoms with Crippen LogP contribution in [0.1, 0.15) is 23.0 Å². The monoisotopic (exact) mass is 335 g/mol. The number of aromatic nitrogens is 1. The van der Waals surface area contributed by atoms with E-state index in [1.165, 1.54) is 12.1 Å². The van der Waals surface area contributed by atoms with Crippen LogP contribution in [0.15, 0.2) is 24.3 Å². The minimum Gasteiger partial charge on any atom is -0.477 e. The van der Waals surface area contributed by atoms with E-state index in [1.807, 2.05) is 6.92 Å². The molecule has 3 rings (SSSR count). The number of pyridine rings is 1. The first kappa shape index (κ1) is 16.3. The third kappa shape index (κ3) is 2.82. The molecule has 2 unspecified atom stereocenters. The number of hydrogen-bond donors (Lipinski definition) is 2. The number of carboxylic acid groups (broad SMARTS) is 1. The number of aliphatic hydroxyl groups is 1. The molecule has 0 radical (unpaired) electrons. The number of benzene rings is 1. The maximum atomic E-state index is 14.2. The molecule has 1 aromatic heterocycles. The van der Waals surface area contributed by atoms with Crippen molar-refractivity contribution in [3.8, 4) is 17.0 Å². The first-order valence-corrected chi connectivity index (χ1v) is 7.41. The number of carboxylic acids is 1. The maximum Gasteiger partial charge on any atom is 0.354 e. The Morgan fingerprint density at radius 1 is 1.33 bits per heavy atom. The fourth-order valence-electron chi connectivity index (χ4n) is 2.83. The van der Waals surface area contributed by atoms with Crippen molar-refractivity contribution < 1.29 is 28.5 Å². The average Bonchev–Trinajstić information content (AvgIpc) is 2.53. The van der Waals surface area contributed by atoms with Crippen molar-refractivity contribution in [1.29, 1.82) is 0 Å². The lowest BCUT2D eigenvalue weighted by atomic mass is 9.88. The molecule has 0 fully saturated rings.